The van der Waals surface area contributed by atoms with E-state index in [1.165, 1.54) is 0 Å². The first-order valence-corrected chi connectivity index (χ1v) is 7.08. The molecule has 2 aromatic rings. The van der Waals surface area contributed by atoms with Gasteiger partial charge in [0.15, 0.2) is 0 Å². The summed E-state index contributed by atoms with van der Waals surface area (Å²) >= 11 is 0. The average Bonchev–Trinajstić information content (AvgIpc) is 3.03. The van der Waals surface area contributed by atoms with E-state index in [1.54, 1.807) is 0 Å². The highest BCUT2D eigenvalue weighted by molar-refractivity contribution is 5.92. The molecule has 1 fully saturated rings. The number of carbonyl (C=O) groups is 1. The molecular formula is C16H19N3O. The van der Waals surface area contributed by atoms with Gasteiger partial charge >= 0.3 is 0 Å². The van der Waals surface area contributed by atoms with Crippen LogP contribution in [-0.4, -0.2) is 23.6 Å². The molecule has 0 bridgehead atoms. The van der Waals surface area contributed by atoms with Crippen molar-refractivity contribution in [1.29, 1.82) is 0 Å². The molecule has 4 nitrogen and oxygen atoms in total. The maximum absolute atomic E-state index is 12.1. The smallest absolute Gasteiger partial charge is 0.227 e. The highest BCUT2D eigenvalue weighted by Crippen LogP contribution is 2.17. The third-order valence-corrected chi connectivity index (χ3v) is 3.75. The molecule has 20 heavy (non-hydrogen) atoms. The summed E-state index contributed by atoms with van der Waals surface area (Å²) in [6.07, 6.45) is 5.85. The minimum absolute atomic E-state index is 0.139. The number of anilines is 1. The number of nitrogens with one attached hydrogen (secondary N) is 2. The van der Waals surface area contributed by atoms with Crippen LogP contribution in [0.5, 0.6) is 0 Å². The van der Waals surface area contributed by atoms with Gasteiger partial charge in [-0.05, 0) is 62.3 Å². The van der Waals surface area contributed by atoms with Gasteiger partial charge in [0, 0.05) is 29.7 Å². The van der Waals surface area contributed by atoms with Crippen LogP contribution in [0.2, 0.25) is 0 Å². The van der Waals surface area contributed by atoms with Crippen molar-refractivity contribution >= 4 is 11.6 Å². The second-order valence-electron chi connectivity index (χ2n) is 5.15. The molecule has 4 heteroatoms. The number of benzene rings is 1. The van der Waals surface area contributed by atoms with Gasteiger partial charge in [-0.25, -0.2) is 0 Å². The van der Waals surface area contributed by atoms with Crippen molar-refractivity contribution in [3.05, 3.63) is 48.8 Å². The number of rotatable bonds is 3. The lowest BCUT2D eigenvalue weighted by molar-refractivity contribution is -0.120. The van der Waals surface area contributed by atoms with Crippen molar-refractivity contribution in [2.75, 3.05) is 18.4 Å². The van der Waals surface area contributed by atoms with E-state index in [9.17, 15) is 4.79 Å². The molecule has 0 radical (unpaired) electrons. The van der Waals surface area contributed by atoms with E-state index < -0.39 is 0 Å². The van der Waals surface area contributed by atoms with Gasteiger partial charge in [-0.15, -0.1) is 0 Å². The van der Waals surface area contributed by atoms with Gasteiger partial charge in [0.2, 0.25) is 5.91 Å². The molecule has 3 rings (SSSR count). The molecule has 0 unspecified atom stereocenters. The molecule has 1 aromatic carbocycles. The molecule has 2 N–H and O–H groups in total. The molecule has 0 spiro atoms. The van der Waals surface area contributed by atoms with Crippen molar-refractivity contribution in [1.82, 2.24) is 9.88 Å². The molecule has 1 amide bonds. The van der Waals surface area contributed by atoms with Gasteiger partial charge in [-0.3, -0.25) is 4.79 Å². The number of nitrogens with zero attached hydrogens (tertiary/aromatic N) is 1. The van der Waals surface area contributed by atoms with Crippen LogP contribution in [0.1, 0.15) is 12.8 Å². The van der Waals surface area contributed by atoms with Gasteiger partial charge in [0.1, 0.15) is 0 Å². The third kappa shape index (κ3) is 2.91. The molecule has 1 aliphatic heterocycles. The summed E-state index contributed by atoms with van der Waals surface area (Å²) in [4.78, 5) is 12.1. The average molecular weight is 269 g/mol. The standard InChI is InChI=1S/C16H19N3O/c20-16(13-7-9-17-10-8-13)18-14-3-5-15(6-4-14)19-11-1-2-12-19/h1-6,11-13,17H,7-10H2,(H,18,20). The number of aromatic nitrogens is 1. The van der Waals surface area contributed by atoms with Crippen LogP contribution >= 0.6 is 0 Å². The van der Waals surface area contributed by atoms with Crippen LogP contribution in [0.3, 0.4) is 0 Å². The Hall–Kier alpha value is -2.07. The molecule has 0 saturated carbocycles. The number of hydrogen-bond acceptors (Lipinski definition) is 2. The van der Waals surface area contributed by atoms with E-state index in [2.05, 4.69) is 10.6 Å². The van der Waals surface area contributed by atoms with E-state index in [-0.39, 0.29) is 11.8 Å². The van der Waals surface area contributed by atoms with E-state index in [1.807, 2.05) is 53.4 Å². The van der Waals surface area contributed by atoms with Gasteiger partial charge in [-0.2, -0.15) is 0 Å². The highest BCUT2D eigenvalue weighted by Gasteiger charge is 2.20. The fourth-order valence-electron chi connectivity index (χ4n) is 2.55. The van der Waals surface area contributed by atoms with E-state index in [4.69, 9.17) is 0 Å². The second-order valence-corrected chi connectivity index (χ2v) is 5.15. The molecule has 1 saturated heterocycles. The summed E-state index contributed by atoms with van der Waals surface area (Å²) in [5.74, 6) is 0.278. The van der Waals surface area contributed by atoms with Crippen LogP contribution in [0, 0.1) is 5.92 Å². The molecule has 1 aliphatic rings. The molecule has 2 heterocycles. The summed E-state index contributed by atoms with van der Waals surface area (Å²) in [6, 6.07) is 11.9. The van der Waals surface area contributed by atoms with Gasteiger partial charge in [0.05, 0.1) is 0 Å². The molecule has 0 atom stereocenters. The van der Waals surface area contributed by atoms with Crippen LogP contribution in [0.4, 0.5) is 5.69 Å². The first-order chi connectivity index (χ1) is 9.83. The monoisotopic (exact) mass is 269 g/mol. The lowest BCUT2D eigenvalue weighted by Gasteiger charge is -2.21. The first-order valence-electron chi connectivity index (χ1n) is 7.08. The zero-order valence-electron chi connectivity index (χ0n) is 11.4. The summed E-state index contributed by atoms with van der Waals surface area (Å²) < 4.78 is 2.04. The number of amides is 1. The second kappa shape index (κ2) is 5.92. The lowest BCUT2D eigenvalue weighted by Crippen LogP contribution is -2.34. The molecule has 0 aliphatic carbocycles. The van der Waals surface area contributed by atoms with Crippen LogP contribution in [-0.2, 0) is 4.79 Å². The number of hydrogen-bond donors (Lipinski definition) is 2. The molecular weight excluding hydrogens is 250 g/mol. The quantitative estimate of drug-likeness (QED) is 0.899. The Kier molecular flexibility index (Phi) is 3.83. The Balaban J connectivity index is 1.64. The third-order valence-electron chi connectivity index (χ3n) is 3.75. The fourth-order valence-corrected chi connectivity index (χ4v) is 2.55. The Labute approximate surface area is 118 Å². The number of carbonyl (C=O) groups excluding carboxylic acids is 1. The summed E-state index contributed by atoms with van der Waals surface area (Å²) in [7, 11) is 0. The minimum Gasteiger partial charge on any atom is -0.326 e. The Morgan fingerprint density at radius 2 is 1.75 bits per heavy atom. The minimum atomic E-state index is 0.139. The van der Waals surface area contributed by atoms with Crippen molar-refractivity contribution < 1.29 is 4.79 Å². The number of piperidine rings is 1. The summed E-state index contributed by atoms with van der Waals surface area (Å²) in [6.45, 7) is 1.87. The van der Waals surface area contributed by atoms with E-state index in [0.717, 1.165) is 37.3 Å². The first kappa shape index (κ1) is 12.9. The van der Waals surface area contributed by atoms with Crippen LogP contribution in [0.15, 0.2) is 48.8 Å². The molecule has 1 aromatic heterocycles. The Bertz CT molecular complexity index is 554. The molecule has 104 valence electrons. The van der Waals surface area contributed by atoms with Crippen molar-refractivity contribution in [2.24, 2.45) is 5.92 Å². The van der Waals surface area contributed by atoms with Crippen molar-refractivity contribution in [3.63, 3.8) is 0 Å². The van der Waals surface area contributed by atoms with E-state index >= 15 is 0 Å². The SMILES string of the molecule is O=C(Nc1ccc(-n2cccc2)cc1)C1CCNCC1. The largest absolute Gasteiger partial charge is 0.326 e. The van der Waals surface area contributed by atoms with Gasteiger partial charge in [0.25, 0.3) is 0 Å². The fraction of sp³-hybridized carbons (Fsp3) is 0.312. The van der Waals surface area contributed by atoms with Crippen molar-refractivity contribution in [2.45, 2.75) is 12.8 Å². The van der Waals surface area contributed by atoms with Crippen LogP contribution in [0.25, 0.3) is 5.69 Å². The maximum atomic E-state index is 12.1. The highest BCUT2D eigenvalue weighted by atomic mass is 16.1. The predicted octanol–water partition coefficient (Wildman–Crippen LogP) is 2.42. The zero-order chi connectivity index (χ0) is 13.8. The maximum Gasteiger partial charge on any atom is 0.227 e. The Morgan fingerprint density at radius 1 is 1.10 bits per heavy atom. The van der Waals surface area contributed by atoms with Gasteiger partial charge < -0.3 is 15.2 Å². The lowest BCUT2D eigenvalue weighted by atomic mass is 9.97. The van der Waals surface area contributed by atoms with Crippen LogP contribution < -0.4 is 10.6 Å². The van der Waals surface area contributed by atoms with Crippen molar-refractivity contribution in [3.8, 4) is 5.69 Å². The normalized spacial score (nSPS) is 16.0. The zero-order valence-corrected chi connectivity index (χ0v) is 11.4. The topological polar surface area (TPSA) is 46.1 Å². The summed E-state index contributed by atoms with van der Waals surface area (Å²) in [5, 5.41) is 6.28. The predicted molar refractivity (Wildman–Crippen MR) is 80.0 cm³/mol. The van der Waals surface area contributed by atoms with E-state index in [0.29, 0.717) is 0 Å². The Morgan fingerprint density at radius 3 is 2.40 bits per heavy atom. The summed E-state index contributed by atoms with van der Waals surface area (Å²) in [5.41, 5.74) is 1.96. The van der Waals surface area contributed by atoms with Gasteiger partial charge in [-0.1, -0.05) is 0 Å².